The van der Waals surface area contributed by atoms with E-state index in [2.05, 4.69) is 25.6 Å². The van der Waals surface area contributed by atoms with Crippen molar-refractivity contribution in [3.8, 4) is 28.0 Å². The molecule has 0 aliphatic rings. The van der Waals surface area contributed by atoms with Gasteiger partial charge in [-0.15, -0.1) is 0 Å². The van der Waals surface area contributed by atoms with Crippen molar-refractivity contribution in [2.24, 2.45) is 0 Å². The number of unbranched alkanes of at least 4 members (excludes halogenated alkanes) is 1. The van der Waals surface area contributed by atoms with E-state index >= 15 is 4.39 Å². The van der Waals surface area contributed by atoms with Crippen molar-refractivity contribution in [1.82, 2.24) is 0 Å². The van der Waals surface area contributed by atoms with Crippen LogP contribution in [0.3, 0.4) is 0 Å². The lowest BCUT2D eigenvalue weighted by atomic mass is 9.96. The molecule has 1 nitrogen and oxygen atoms in total. The standard InChI is InChI=1S/C29H27FO/c1-3-5-6-21-7-17-28-25(20-21)14-18-27(29(28)30)24-10-8-22(9-11-24)23-12-15-26(16-13-23)31-19-4-2/h4,7-18,20H,2-3,5-6,19H2,1H3. The minimum absolute atomic E-state index is 0.156. The highest BCUT2D eigenvalue weighted by Crippen LogP contribution is 2.31. The molecule has 0 spiro atoms. The van der Waals surface area contributed by atoms with Crippen LogP contribution in [0.1, 0.15) is 25.3 Å². The van der Waals surface area contributed by atoms with E-state index < -0.39 is 0 Å². The number of hydrogen-bond acceptors (Lipinski definition) is 1. The van der Waals surface area contributed by atoms with Gasteiger partial charge in [-0.1, -0.05) is 92.7 Å². The monoisotopic (exact) mass is 410 g/mol. The number of hydrogen-bond donors (Lipinski definition) is 0. The summed E-state index contributed by atoms with van der Waals surface area (Å²) in [5.74, 6) is 0.660. The van der Waals surface area contributed by atoms with Gasteiger partial charge in [-0.25, -0.2) is 4.39 Å². The molecule has 0 amide bonds. The zero-order valence-electron chi connectivity index (χ0n) is 17.9. The number of benzene rings is 4. The largest absolute Gasteiger partial charge is 0.490 e. The maximum Gasteiger partial charge on any atom is 0.138 e. The Balaban J connectivity index is 1.58. The van der Waals surface area contributed by atoms with E-state index in [1.54, 1.807) is 6.08 Å². The van der Waals surface area contributed by atoms with Crippen LogP contribution >= 0.6 is 0 Å². The molecule has 0 unspecified atom stereocenters. The van der Waals surface area contributed by atoms with Gasteiger partial charge in [0, 0.05) is 10.9 Å². The average molecular weight is 411 g/mol. The summed E-state index contributed by atoms with van der Waals surface area (Å²) in [6.07, 6.45) is 5.08. The molecule has 2 heteroatoms. The van der Waals surface area contributed by atoms with Crippen LogP contribution in [-0.4, -0.2) is 6.61 Å². The number of aryl methyl sites for hydroxylation is 1. The highest BCUT2D eigenvalue weighted by molar-refractivity contribution is 5.89. The molecule has 156 valence electrons. The highest BCUT2D eigenvalue weighted by atomic mass is 19.1. The zero-order valence-corrected chi connectivity index (χ0v) is 17.9. The lowest BCUT2D eigenvalue weighted by Crippen LogP contribution is -1.92. The second-order valence-corrected chi connectivity index (χ2v) is 7.79. The van der Waals surface area contributed by atoms with Crippen molar-refractivity contribution in [3.05, 3.63) is 103 Å². The van der Waals surface area contributed by atoms with E-state index in [0.29, 0.717) is 17.6 Å². The van der Waals surface area contributed by atoms with Crippen LogP contribution in [0.4, 0.5) is 4.39 Å². The molecule has 0 N–H and O–H groups in total. The van der Waals surface area contributed by atoms with Gasteiger partial charge in [-0.2, -0.15) is 0 Å². The molecule has 0 aromatic heterocycles. The van der Waals surface area contributed by atoms with E-state index in [9.17, 15) is 0 Å². The molecule has 4 rings (SSSR count). The van der Waals surface area contributed by atoms with Crippen molar-refractivity contribution < 1.29 is 9.13 Å². The van der Waals surface area contributed by atoms with Gasteiger partial charge in [-0.05, 0) is 52.6 Å². The fourth-order valence-corrected chi connectivity index (χ4v) is 3.84. The summed E-state index contributed by atoms with van der Waals surface area (Å²) in [6, 6.07) is 26.0. The maximum atomic E-state index is 15.3. The quantitative estimate of drug-likeness (QED) is 0.266. The van der Waals surface area contributed by atoms with Gasteiger partial charge in [0.05, 0.1) is 0 Å². The second-order valence-electron chi connectivity index (χ2n) is 7.79. The maximum absolute atomic E-state index is 15.3. The summed E-state index contributed by atoms with van der Waals surface area (Å²) in [7, 11) is 0. The smallest absolute Gasteiger partial charge is 0.138 e. The summed E-state index contributed by atoms with van der Waals surface area (Å²) in [4.78, 5) is 0. The van der Waals surface area contributed by atoms with Crippen LogP contribution in [0.5, 0.6) is 5.75 Å². The van der Waals surface area contributed by atoms with Gasteiger partial charge in [0.2, 0.25) is 0 Å². The molecule has 4 aromatic rings. The van der Waals surface area contributed by atoms with E-state index in [0.717, 1.165) is 47.1 Å². The van der Waals surface area contributed by atoms with E-state index in [-0.39, 0.29) is 5.82 Å². The lowest BCUT2D eigenvalue weighted by Gasteiger charge is -2.10. The Morgan fingerprint density at radius 2 is 1.52 bits per heavy atom. The van der Waals surface area contributed by atoms with E-state index in [1.165, 1.54) is 5.56 Å². The van der Waals surface area contributed by atoms with Crippen LogP contribution in [0.2, 0.25) is 0 Å². The second kappa shape index (κ2) is 9.61. The third kappa shape index (κ3) is 4.69. The first-order chi connectivity index (χ1) is 15.2. The first kappa shape index (κ1) is 20.9. The fraction of sp³-hybridized carbons (Fsp3) is 0.172. The van der Waals surface area contributed by atoms with Gasteiger partial charge < -0.3 is 4.74 Å². The van der Waals surface area contributed by atoms with Crippen molar-refractivity contribution in [1.29, 1.82) is 0 Å². The number of rotatable bonds is 8. The summed E-state index contributed by atoms with van der Waals surface area (Å²) in [5, 5.41) is 1.64. The van der Waals surface area contributed by atoms with Gasteiger partial charge in [0.1, 0.15) is 18.2 Å². The Morgan fingerprint density at radius 3 is 2.19 bits per heavy atom. The van der Waals surface area contributed by atoms with Crippen LogP contribution < -0.4 is 4.74 Å². The molecule has 0 atom stereocenters. The average Bonchev–Trinajstić information content (AvgIpc) is 2.82. The Bertz CT molecular complexity index is 1170. The summed E-state index contributed by atoms with van der Waals surface area (Å²) >= 11 is 0. The number of ether oxygens (including phenoxy) is 1. The number of halogens is 1. The van der Waals surface area contributed by atoms with E-state index in [1.807, 2.05) is 66.7 Å². The molecule has 31 heavy (non-hydrogen) atoms. The van der Waals surface area contributed by atoms with Gasteiger partial charge in [0.25, 0.3) is 0 Å². The van der Waals surface area contributed by atoms with Crippen molar-refractivity contribution in [2.75, 3.05) is 6.61 Å². The van der Waals surface area contributed by atoms with Gasteiger partial charge >= 0.3 is 0 Å². The SMILES string of the molecule is C=CCOc1ccc(-c2ccc(-c3ccc4cc(CCCC)ccc4c3F)cc2)cc1. The summed E-state index contributed by atoms with van der Waals surface area (Å²) in [5.41, 5.74) is 4.96. The predicted molar refractivity (Wildman–Crippen MR) is 129 cm³/mol. The molecule has 0 saturated heterocycles. The molecule has 0 radical (unpaired) electrons. The van der Waals surface area contributed by atoms with Crippen LogP contribution in [-0.2, 0) is 6.42 Å². The normalized spacial score (nSPS) is 10.9. The van der Waals surface area contributed by atoms with Crippen molar-refractivity contribution in [2.45, 2.75) is 26.2 Å². The molecule has 0 aliphatic carbocycles. The Morgan fingerprint density at radius 1 is 0.839 bits per heavy atom. The highest BCUT2D eigenvalue weighted by Gasteiger charge is 2.10. The first-order valence-electron chi connectivity index (χ1n) is 10.9. The third-order valence-corrected chi connectivity index (χ3v) is 5.59. The molecular weight excluding hydrogens is 383 g/mol. The fourth-order valence-electron chi connectivity index (χ4n) is 3.84. The lowest BCUT2D eigenvalue weighted by molar-refractivity contribution is 0.363. The van der Waals surface area contributed by atoms with Crippen LogP contribution in [0, 0.1) is 5.82 Å². The predicted octanol–water partition coefficient (Wildman–Crippen LogP) is 8.22. The Kier molecular flexibility index (Phi) is 6.47. The Hall–Kier alpha value is -3.39. The van der Waals surface area contributed by atoms with Crippen LogP contribution in [0.15, 0.2) is 91.5 Å². The van der Waals surface area contributed by atoms with Crippen molar-refractivity contribution in [3.63, 3.8) is 0 Å². The molecular formula is C29H27FO. The Labute approximate surface area is 183 Å². The first-order valence-corrected chi connectivity index (χ1v) is 10.9. The topological polar surface area (TPSA) is 9.23 Å². The van der Waals surface area contributed by atoms with E-state index in [4.69, 9.17) is 4.74 Å². The van der Waals surface area contributed by atoms with Gasteiger partial charge in [0.15, 0.2) is 0 Å². The molecule has 0 aliphatic heterocycles. The molecule has 0 bridgehead atoms. The molecule has 0 fully saturated rings. The minimum atomic E-state index is -0.156. The molecule has 0 saturated carbocycles. The number of fused-ring (bicyclic) bond motifs is 1. The third-order valence-electron chi connectivity index (χ3n) is 5.59. The van der Waals surface area contributed by atoms with Gasteiger partial charge in [-0.3, -0.25) is 0 Å². The van der Waals surface area contributed by atoms with Crippen LogP contribution in [0.25, 0.3) is 33.0 Å². The molecule has 4 aromatic carbocycles. The zero-order chi connectivity index (χ0) is 21.6. The summed E-state index contributed by atoms with van der Waals surface area (Å²) < 4.78 is 20.8. The molecule has 0 heterocycles. The van der Waals surface area contributed by atoms with Crippen molar-refractivity contribution >= 4 is 10.8 Å². The summed E-state index contributed by atoms with van der Waals surface area (Å²) in [6.45, 7) is 6.34. The minimum Gasteiger partial charge on any atom is -0.490 e.